The lowest BCUT2D eigenvalue weighted by Gasteiger charge is -2.04. The van der Waals surface area contributed by atoms with E-state index in [2.05, 4.69) is 15.0 Å². The van der Waals surface area contributed by atoms with Crippen LogP contribution in [0.1, 0.15) is 5.69 Å². The standard InChI is InChI=1S/C10H12N4OS/c1-14-4-3-11-10(14)9-12-7(6-15-2)5-8(16)13-9/h3-5H,6H2,1-2H3,(H,12,13,16). The van der Waals surface area contributed by atoms with Gasteiger partial charge in [-0.2, -0.15) is 0 Å². The molecule has 0 spiro atoms. The molecule has 84 valence electrons. The fraction of sp³-hybridized carbons (Fsp3) is 0.300. The van der Waals surface area contributed by atoms with Crippen LogP contribution in [0.2, 0.25) is 0 Å². The normalized spacial score (nSPS) is 10.6. The molecule has 5 nitrogen and oxygen atoms in total. The summed E-state index contributed by atoms with van der Waals surface area (Å²) in [6.45, 7) is 0.476. The fourth-order valence-corrected chi connectivity index (χ4v) is 1.67. The lowest BCUT2D eigenvalue weighted by atomic mass is 10.4. The number of aromatic amines is 1. The van der Waals surface area contributed by atoms with Crippen LogP contribution in [0.5, 0.6) is 0 Å². The van der Waals surface area contributed by atoms with Gasteiger partial charge in [0.1, 0.15) is 4.64 Å². The largest absolute Gasteiger partial charge is 0.378 e. The second kappa shape index (κ2) is 4.54. The second-order valence-corrected chi connectivity index (χ2v) is 3.81. The van der Waals surface area contributed by atoms with Gasteiger partial charge in [0, 0.05) is 32.2 Å². The van der Waals surface area contributed by atoms with E-state index in [-0.39, 0.29) is 0 Å². The Bertz CT molecular complexity index is 546. The Labute approximate surface area is 98.1 Å². The Morgan fingerprint density at radius 2 is 2.38 bits per heavy atom. The van der Waals surface area contributed by atoms with E-state index < -0.39 is 0 Å². The number of aromatic nitrogens is 4. The molecule has 6 heteroatoms. The summed E-state index contributed by atoms with van der Waals surface area (Å²) in [5, 5.41) is 0. The minimum atomic E-state index is 0.476. The van der Waals surface area contributed by atoms with Gasteiger partial charge < -0.3 is 14.3 Å². The number of rotatable bonds is 3. The van der Waals surface area contributed by atoms with Gasteiger partial charge in [0.05, 0.1) is 6.61 Å². The van der Waals surface area contributed by atoms with Crippen molar-refractivity contribution >= 4 is 12.2 Å². The highest BCUT2D eigenvalue weighted by molar-refractivity contribution is 7.71. The molecule has 0 aliphatic heterocycles. The smallest absolute Gasteiger partial charge is 0.175 e. The molecular weight excluding hydrogens is 224 g/mol. The van der Waals surface area contributed by atoms with Gasteiger partial charge in [0.25, 0.3) is 0 Å². The topological polar surface area (TPSA) is 55.7 Å². The summed E-state index contributed by atoms with van der Waals surface area (Å²) in [5.41, 5.74) is 0.889. The van der Waals surface area contributed by atoms with E-state index in [4.69, 9.17) is 17.0 Å². The van der Waals surface area contributed by atoms with Crippen LogP contribution in [-0.4, -0.2) is 26.6 Å². The Kier molecular flexibility index (Phi) is 3.12. The summed E-state index contributed by atoms with van der Waals surface area (Å²) in [5.74, 6) is 1.41. The van der Waals surface area contributed by atoms with Gasteiger partial charge in [0.15, 0.2) is 11.6 Å². The molecule has 0 radical (unpaired) electrons. The van der Waals surface area contributed by atoms with E-state index in [9.17, 15) is 0 Å². The summed E-state index contributed by atoms with van der Waals surface area (Å²) in [6.07, 6.45) is 3.58. The van der Waals surface area contributed by atoms with Crippen molar-refractivity contribution in [3.05, 3.63) is 28.8 Å². The Hall–Kier alpha value is -1.53. The molecule has 0 fully saturated rings. The quantitative estimate of drug-likeness (QED) is 0.824. The van der Waals surface area contributed by atoms with Gasteiger partial charge in [-0.05, 0) is 6.07 Å². The fourth-order valence-electron chi connectivity index (χ4n) is 1.44. The molecule has 2 aromatic rings. The maximum absolute atomic E-state index is 5.09. The van der Waals surface area contributed by atoms with Crippen molar-refractivity contribution < 1.29 is 4.74 Å². The van der Waals surface area contributed by atoms with Crippen LogP contribution >= 0.6 is 12.2 Å². The van der Waals surface area contributed by atoms with Crippen molar-refractivity contribution in [2.45, 2.75) is 6.61 Å². The van der Waals surface area contributed by atoms with Gasteiger partial charge in [0.2, 0.25) is 0 Å². The molecule has 0 aromatic carbocycles. The number of aryl methyl sites for hydroxylation is 1. The van der Waals surface area contributed by atoms with Crippen LogP contribution in [-0.2, 0) is 18.4 Å². The maximum atomic E-state index is 5.09. The zero-order valence-corrected chi connectivity index (χ0v) is 9.91. The summed E-state index contributed by atoms with van der Waals surface area (Å²) < 4.78 is 7.46. The maximum Gasteiger partial charge on any atom is 0.175 e. The molecular formula is C10H12N4OS. The molecule has 0 atom stereocenters. The van der Waals surface area contributed by atoms with Gasteiger partial charge in [-0.25, -0.2) is 9.97 Å². The summed E-state index contributed by atoms with van der Waals surface area (Å²) in [6, 6.07) is 1.78. The first-order valence-corrected chi connectivity index (χ1v) is 5.18. The van der Waals surface area contributed by atoms with Crippen LogP contribution in [0.3, 0.4) is 0 Å². The number of hydrogen-bond donors (Lipinski definition) is 1. The molecule has 0 saturated carbocycles. The number of H-pyrrole nitrogens is 1. The van der Waals surface area contributed by atoms with Gasteiger partial charge in [-0.1, -0.05) is 12.2 Å². The van der Waals surface area contributed by atoms with E-state index in [0.29, 0.717) is 17.1 Å². The van der Waals surface area contributed by atoms with Crippen molar-refractivity contribution in [3.63, 3.8) is 0 Å². The van der Waals surface area contributed by atoms with Crippen LogP contribution in [0.15, 0.2) is 18.5 Å². The Balaban J connectivity index is 2.49. The number of imidazole rings is 1. The highest BCUT2D eigenvalue weighted by Crippen LogP contribution is 2.12. The predicted octanol–water partition coefficient (Wildman–Crippen LogP) is 1.69. The van der Waals surface area contributed by atoms with E-state index >= 15 is 0 Å². The van der Waals surface area contributed by atoms with Crippen LogP contribution in [0.4, 0.5) is 0 Å². The second-order valence-electron chi connectivity index (χ2n) is 3.39. The summed E-state index contributed by atoms with van der Waals surface area (Å²) in [7, 11) is 3.54. The van der Waals surface area contributed by atoms with Crippen molar-refractivity contribution in [2.24, 2.45) is 7.05 Å². The SMILES string of the molecule is COCc1cc(=S)nc(-c2nccn2C)[nH]1. The average molecular weight is 236 g/mol. The summed E-state index contributed by atoms with van der Waals surface area (Å²) >= 11 is 5.09. The number of methoxy groups -OCH3 is 1. The zero-order valence-electron chi connectivity index (χ0n) is 9.10. The van der Waals surface area contributed by atoms with E-state index in [1.165, 1.54) is 0 Å². The van der Waals surface area contributed by atoms with Crippen molar-refractivity contribution in [1.82, 2.24) is 19.5 Å². The van der Waals surface area contributed by atoms with Crippen molar-refractivity contribution in [3.8, 4) is 11.6 Å². The minimum Gasteiger partial charge on any atom is -0.378 e. The van der Waals surface area contributed by atoms with Gasteiger partial charge >= 0.3 is 0 Å². The first-order valence-electron chi connectivity index (χ1n) is 4.77. The highest BCUT2D eigenvalue weighted by atomic mass is 32.1. The van der Waals surface area contributed by atoms with Crippen LogP contribution in [0, 0.1) is 4.64 Å². The molecule has 2 heterocycles. The van der Waals surface area contributed by atoms with Crippen LogP contribution < -0.4 is 0 Å². The molecule has 0 bridgehead atoms. The first kappa shape index (κ1) is 11.0. The van der Waals surface area contributed by atoms with Gasteiger partial charge in [-0.3, -0.25) is 0 Å². The summed E-state index contributed by atoms with van der Waals surface area (Å²) in [4.78, 5) is 11.6. The van der Waals surface area contributed by atoms with Gasteiger partial charge in [-0.15, -0.1) is 0 Å². The third-order valence-corrected chi connectivity index (χ3v) is 2.34. The Morgan fingerprint density at radius 3 is 3.00 bits per heavy atom. The third kappa shape index (κ3) is 2.17. The van der Waals surface area contributed by atoms with E-state index in [0.717, 1.165) is 11.5 Å². The molecule has 0 saturated heterocycles. The lowest BCUT2D eigenvalue weighted by molar-refractivity contribution is 0.181. The molecule has 0 aliphatic carbocycles. The lowest BCUT2D eigenvalue weighted by Crippen LogP contribution is -2.01. The van der Waals surface area contributed by atoms with Crippen molar-refractivity contribution in [1.29, 1.82) is 0 Å². The molecule has 2 aromatic heterocycles. The Morgan fingerprint density at radius 1 is 1.56 bits per heavy atom. The molecule has 0 aliphatic rings. The first-order chi connectivity index (χ1) is 7.70. The average Bonchev–Trinajstić information content (AvgIpc) is 2.64. The number of nitrogens with one attached hydrogen (secondary N) is 1. The predicted molar refractivity (Wildman–Crippen MR) is 62.3 cm³/mol. The van der Waals surface area contributed by atoms with E-state index in [1.54, 1.807) is 19.4 Å². The number of ether oxygens (including phenoxy) is 1. The van der Waals surface area contributed by atoms with Crippen molar-refractivity contribution in [2.75, 3.05) is 7.11 Å². The number of hydrogen-bond acceptors (Lipinski definition) is 4. The molecule has 2 rings (SSSR count). The molecule has 0 amide bonds. The highest BCUT2D eigenvalue weighted by Gasteiger charge is 2.06. The molecule has 16 heavy (non-hydrogen) atoms. The number of nitrogens with zero attached hydrogens (tertiary/aromatic N) is 3. The molecule has 1 N–H and O–H groups in total. The zero-order chi connectivity index (χ0) is 11.5. The monoisotopic (exact) mass is 236 g/mol. The molecule has 0 unspecified atom stereocenters. The minimum absolute atomic E-state index is 0.476. The third-order valence-electron chi connectivity index (χ3n) is 2.13. The van der Waals surface area contributed by atoms with Crippen LogP contribution in [0.25, 0.3) is 11.6 Å². The van der Waals surface area contributed by atoms with E-state index in [1.807, 2.05) is 17.8 Å².